The Morgan fingerprint density at radius 1 is 1.38 bits per heavy atom. The van der Waals surface area contributed by atoms with Crippen LogP contribution in [0.15, 0.2) is 36.4 Å². The second-order valence-electron chi connectivity index (χ2n) is 7.81. The standard InChI is InChI=1S/C23H29FN4O4/c1-3-31-17-11-18(20(24)19(12-17)32-16-5-4-10-28(2)13-16)21(23(29)30)27-15-8-6-14(7-9-15)22(25)26/h6-9,11-12,16,21,27H,3-5,10,13H2,1-2H3,(H3,25,26)(H,29,30)/t16-,21?/m1/s1. The minimum absolute atomic E-state index is 0.0220. The van der Waals surface area contributed by atoms with Crippen molar-refractivity contribution in [3.05, 3.63) is 53.3 Å². The van der Waals surface area contributed by atoms with Crippen LogP contribution in [-0.2, 0) is 4.79 Å². The fourth-order valence-electron chi connectivity index (χ4n) is 3.72. The van der Waals surface area contributed by atoms with Crippen LogP contribution in [0.2, 0.25) is 0 Å². The van der Waals surface area contributed by atoms with Gasteiger partial charge in [0, 0.05) is 29.4 Å². The second kappa shape index (κ2) is 10.3. The van der Waals surface area contributed by atoms with Crippen molar-refractivity contribution in [2.24, 2.45) is 5.73 Å². The third-order valence-electron chi connectivity index (χ3n) is 5.29. The Hall–Kier alpha value is -3.33. The molecule has 0 radical (unpaired) electrons. The van der Waals surface area contributed by atoms with Crippen LogP contribution < -0.4 is 20.5 Å². The van der Waals surface area contributed by atoms with Crippen LogP contribution in [0.3, 0.4) is 0 Å². The van der Waals surface area contributed by atoms with E-state index >= 15 is 4.39 Å². The Morgan fingerprint density at radius 2 is 2.09 bits per heavy atom. The van der Waals surface area contributed by atoms with Crippen molar-refractivity contribution in [1.82, 2.24) is 4.90 Å². The monoisotopic (exact) mass is 444 g/mol. The molecule has 8 nitrogen and oxygen atoms in total. The van der Waals surface area contributed by atoms with E-state index in [1.54, 1.807) is 31.2 Å². The van der Waals surface area contributed by atoms with Crippen LogP contribution in [0.1, 0.15) is 36.9 Å². The number of nitrogens with zero attached hydrogens (tertiary/aromatic N) is 1. The average Bonchev–Trinajstić information content (AvgIpc) is 2.75. The molecule has 172 valence electrons. The molecular weight excluding hydrogens is 415 g/mol. The van der Waals surface area contributed by atoms with Gasteiger partial charge in [0.15, 0.2) is 17.6 Å². The maximum atomic E-state index is 15.5. The zero-order chi connectivity index (χ0) is 23.3. The van der Waals surface area contributed by atoms with Gasteiger partial charge < -0.3 is 30.5 Å². The van der Waals surface area contributed by atoms with Crippen LogP contribution in [0.25, 0.3) is 0 Å². The van der Waals surface area contributed by atoms with Gasteiger partial charge in [0.05, 0.1) is 6.61 Å². The molecule has 1 heterocycles. The lowest BCUT2D eigenvalue weighted by molar-refractivity contribution is -0.138. The minimum atomic E-state index is -1.38. The summed E-state index contributed by atoms with van der Waals surface area (Å²) in [4.78, 5) is 14.2. The van der Waals surface area contributed by atoms with Crippen molar-refractivity contribution < 1.29 is 23.8 Å². The summed E-state index contributed by atoms with van der Waals surface area (Å²) >= 11 is 0. The highest BCUT2D eigenvalue weighted by Crippen LogP contribution is 2.34. The lowest BCUT2D eigenvalue weighted by Gasteiger charge is -2.30. The average molecular weight is 445 g/mol. The summed E-state index contributed by atoms with van der Waals surface area (Å²) in [6.07, 6.45) is 1.54. The van der Waals surface area contributed by atoms with E-state index in [0.717, 1.165) is 19.4 Å². The summed E-state index contributed by atoms with van der Waals surface area (Å²) in [5.74, 6) is -1.77. The van der Waals surface area contributed by atoms with E-state index in [1.165, 1.54) is 12.1 Å². The first kappa shape index (κ1) is 23.3. The number of aliphatic carboxylic acids is 1. The number of rotatable bonds is 9. The van der Waals surface area contributed by atoms with E-state index in [1.807, 2.05) is 7.05 Å². The molecule has 1 aliphatic heterocycles. The number of nitrogen functional groups attached to an aromatic ring is 1. The number of carboxylic acids is 1. The predicted molar refractivity (Wildman–Crippen MR) is 120 cm³/mol. The fourth-order valence-corrected chi connectivity index (χ4v) is 3.72. The molecule has 2 aromatic carbocycles. The van der Waals surface area contributed by atoms with Gasteiger partial charge in [-0.25, -0.2) is 9.18 Å². The molecule has 32 heavy (non-hydrogen) atoms. The lowest BCUT2D eigenvalue weighted by Crippen LogP contribution is -2.38. The molecule has 0 aromatic heterocycles. The molecule has 1 unspecified atom stereocenters. The Balaban J connectivity index is 1.93. The number of carbonyl (C=O) groups is 1. The number of amidine groups is 1. The lowest BCUT2D eigenvalue weighted by atomic mass is 10.0. The zero-order valence-electron chi connectivity index (χ0n) is 18.2. The number of hydrogen-bond donors (Lipinski definition) is 4. The molecule has 3 rings (SSSR count). The molecule has 0 bridgehead atoms. The number of halogens is 1. The number of anilines is 1. The summed E-state index contributed by atoms with van der Waals surface area (Å²) < 4.78 is 27.0. The van der Waals surface area contributed by atoms with Crippen molar-refractivity contribution in [3.8, 4) is 11.5 Å². The highest BCUT2D eigenvalue weighted by atomic mass is 19.1. The van der Waals surface area contributed by atoms with Gasteiger partial charge >= 0.3 is 5.97 Å². The van der Waals surface area contributed by atoms with Gasteiger partial charge in [-0.3, -0.25) is 5.41 Å². The van der Waals surface area contributed by atoms with Gasteiger partial charge in [0.1, 0.15) is 17.7 Å². The topological polar surface area (TPSA) is 121 Å². The summed E-state index contributed by atoms with van der Waals surface area (Å²) in [5.41, 5.74) is 6.32. The van der Waals surface area contributed by atoms with E-state index in [9.17, 15) is 9.90 Å². The first-order chi connectivity index (χ1) is 15.3. The first-order valence-corrected chi connectivity index (χ1v) is 10.5. The smallest absolute Gasteiger partial charge is 0.330 e. The quantitative estimate of drug-likeness (QED) is 0.346. The molecule has 1 aliphatic rings. The molecule has 2 aromatic rings. The molecule has 9 heteroatoms. The second-order valence-corrected chi connectivity index (χ2v) is 7.81. The Morgan fingerprint density at radius 3 is 2.69 bits per heavy atom. The molecule has 0 aliphatic carbocycles. The van der Waals surface area contributed by atoms with Crippen LogP contribution in [0.5, 0.6) is 11.5 Å². The van der Waals surface area contributed by atoms with Crippen molar-refractivity contribution in [3.63, 3.8) is 0 Å². The third-order valence-corrected chi connectivity index (χ3v) is 5.29. The highest BCUT2D eigenvalue weighted by Gasteiger charge is 2.28. The number of likely N-dealkylation sites (tertiary alicyclic amines) is 1. The maximum absolute atomic E-state index is 15.5. The molecule has 2 atom stereocenters. The molecule has 0 amide bonds. The number of nitrogens with two attached hydrogens (primary N) is 1. The summed E-state index contributed by atoms with van der Waals surface area (Å²) in [7, 11) is 1.98. The molecule has 1 fully saturated rings. The van der Waals surface area contributed by atoms with Gasteiger partial charge in [-0.2, -0.15) is 0 Å². The summed E-state index contributed by atoms with van der Waals surface area (Å²) in [5, 5.41) is 20.2. The fraction of sp³-hybridized carbons (Fsp3) is 0.391. The van der Waals surface area contributed by atoms with Crippen LogP contribution in [0.4, 0.5) is 10.1 Å². The van der Waals surface area contributed by atoms with Gasteiger partial charge in [0.2, 0.25) is 0 Å². The molecule has 1 saturated heterocycles. The van der Waals surface area contributed by atoms with Gasteiger partial charge in [-0.1, -0.05) is 0 Å². The van der Waals surface area contributed by atoms with Crippen molar-refractivity contribution in [1.29, 1.82) is 5.41 Å². The van der Waals surface area contributed by atoms with Gasteiger partial charge in [-0.05, 0) is 63.7 Å². The summed E-state index contributed by atoms with van der Waals surface area (Å²) in [6, 6.07) is 7.83. The number of hydrogen-bond acceptors (Lipinski definition) is 6. The van der Waals surface area contributed by atoms with E-state index in [-0.39, 0.29) is 23.3 Å². The third kappa shape index (κ3) is 5.67. The number of likely N-dealkylation sites (N-methyl/N-ethyl adjacent to an activating group) is 1. The largest absolute Gasteiger partial charge is 0.494 e. The molecule has 0 saturated carbocycles. The zero-order valence-corrected chi connectivity index (χ0v) is 18.2. The van der Waals surface area contributed by atoms with Gasteiger partial charge in [0.25, 0.3) is 0 Å². The number of ether oxygens (including phenoxy) is 2. The highest BCUT2D eigenvalue weighted by molar-refractivity contribution is 5.95. The van der Waals surface area contributed by atoms with E-state index < -0.39 is 17.8 Å². The Labute approximate surface area is 186 Å². The number of benzene rings is 2. The Kier molecular flexibility index (Phi) is 7.53. The van der Waals surface area contributed by atoms with Crippen molar-refractivity contribution in [2.45, 2.75) is 31.9 Å². The normalized spacial score (nSPS) is 17.4. The van der Waals surface area contributed by atoms with E-state index in [4.69, 9.17) is 20.6 Å². The van der Waals surface area contributed by atoms with Crippen LogP contribution in [0, 0.1) is 11.2 Å². The van der Waals surface area contributed by atoms with E-state index in [2.05, 4.69) is 10.2 Å². The number of nitrogens with one attached hydrogen (secondary N) is 2. The summed E-state index contributed by atoms with van der Waals surface area (Å²) in [6.45, 7) is 3.76. The van der Waals surface area contributed by atoms with Crippen molar-refractivity contribution in [2.75, 3.05) is 32.1 Å². The molecule has 0 spiro atoms. The predicted octanol–water partition coefficient (Wildman–Crippen LogP) is 3.22. The minimum Gasteiger partial charge on any atom is -0.494 e. The van der Waals surface area contributed by atoms with E-state index in [0.29, 0.717) is 30.2 Å². The molecule has 5 N–H and O–H groups in total. The SMILES string of the molecule is CCOc1cc(O[C@@H]2CCCN(C)C2)c(F)c(C(Nc2ccc(C(=N)N)cc2)C(=O)O)c1. The maximum Gasteiger partial charge on any atom is 0.330 e. The van der Waals surface area contributed by atoms with Gasteiger partial charge in [-0.15, -0.1) is 0 Å². The van der Waals surface area contributed by atoms with Crippen LogP contribution in [-0.4, -0.2) is 54.7 Å². The molecular formula is C23H29FN4O4. The van der Waals surface area contributed by atoms with Crippen molar-refractivity contribution >= 4 is 17.5 Å². The number of carboxylic acid groups (broad SMARTS) is 1. The van der Waals surface area contributed by atoms with Crippen LogP contribution >= 0.6 is 0 Å². The Bertz CT molecular complexity index is 967. The number of piperidine rings is 1. The first-order valence-electron chi connectivity index (χ1n) is 10.5.